The predicted molar refractivity (Wildman–Crippen MR) is 68.7 cm³/mol. The Hall–Kier alpha value is -1.26. The van der Waals surface area contributed by atoms with Crippen molar-refractivity contribution in [1.29, 1.82) is 0 Å². The summed E-state index contributed by atoms with van der Waals surface area (Å²) in [6.07, 6.45) is 1.81. The van der Waals surface area contributed by atoms with Gasteiger partial charge in [0, 0.05) is 10.6 Å². The van der Waals surface area contributed by atoms with Crippen molar-refractivity contribution >= 4 is 17.6 Å². The highest BCUT2D eigenvalue weighted by Gasteiger charge is 2.09. The monoisotopic (exact) mass is 272 g/mol. The molecule has 0 aliphatic rings. The van der Waals surface area contributed by atoms with E-state index in [1.807, 2.05) is 6.92 Å². The van der Waals surface area contributed by atoms with Gasteiger partial charge >= 0.3 is 5.97 Å². The SMILES string of the molecule is CCCCOC(=O)COc1cccc(Cl)c1CO. The normalized spacial score (nSPS) is 10.2. The van der Waals surface area contributed by atoms with Crippen LogP contribution in [0.3, 0.4) is 0 Å². The van der Waals surface area contributed by atoms with Crippen molar-refractivity contribution in [2.24, 2.45) is 0 Å². The van der Waals surface area contributed by atoms with Crippen molar-refractivity contribution in [3.8, 4) is 5.75 Å². The van der Waals surface area contributed by atoms with Crippen LogP contribution >= 0.6 is 11.6 Å². The van der Waals surface area contributed by atoms with E-state index in [4.69, 9.17) is 26.2 Å². The molecular weight excluding hydrogens is 256 g/mol. The molecule has 0 spiro atoms. The van der Waals surface area contributed by atoms with Gasteiger partial charge in [0.2, 0.25) is 0 Å². The predicted octanol–water partition coefficient (Wildman–Crippen LogP) is 2.55. The maximum atomic E-state index is 11.3. The molecule has 0 saturated heterocycles. The van der Waals surface area contributed by atoms with Crippen molar-refractivity contribution in [2.45, 2.75) is 26.4 Å². The van der Waals surface area contributed by atoms with E-state index in [2.05, 4.69) is 0 Å². The minimum Gasteiger partial charge on any atom is -0.481 e. The zero-order valence-corrected chi connectivity index (χ0v) is 11.1. The van der Waals surface area contributed by atoms with Gasteiger partial charge in [-0.05, 0) is 18.6 Å². The van der Waals surface area contributed by atoms with Crippen LogP contribution in [0.2, 0.25) is 5.02 Å². The molecule has 1 rings (SSSR count). The highest BCUT2D eigenvalue weighted by atomic mass is 35.5. The topological polar surface area (TPSA) is 55.8 Å². The van der Waals surface area contributed by atoms with Crippen LogP contribution in [0.25, 0.3) is 0 Å². The molecule has 0 fully saturated rings. The van der Waals surface area contributed by atoms with E-state index in [0.29, 0.717) is 22.9 Å². The van der Waals surface area contributed by atoms with Crippen LogP contribution < -0.4 is 4.74 Å². The number of aliphatic hydroxyl groups is 1. The molecule has 0 heterocycles. The lowest BCUT2D eigenvalue weighted by Gasteiger charge is -2.10. The van der Waals surface area contributed by atoms with Gasteiger partial charge in [-0.3, -0.25) is 0 Å². The molecular formula is C13H17ClO4. The lowest BCUT2D eigenvalue weighted by Crippen LogP contribution is -2.16. The number of ether oxygens (including phenoxy) is 2. The summed E-state index contributed by atoms with van der Waals surface area (Å²) < 4.78 is 10.2. The maximum absolute atomic E-state index is 11.3. The molecule has 0 saturated carbocycles. The Morgan fingerprint density at radius 3 is 2.89 bits per heavy atom. The minimum absolute atomic E-state index is 0.183. The first-order valence-corrected chi connectivity index (χ1v) is 6.23. The van der Waals surface area contributed by atoms with Crippen molar-refractivity contribution < 1.29 is 19.4 Å². The second kappa shape index (κ2) is 7.95. The van der Waals surface area contributed by atoms with Crippen LogP contribution in [0.1, 0.15) is 25.3 Å². The number of carbonyl (C=O) groups excluding carboxylic acids is 1. The molecule has 4 nitrogen and oxygen atoms in total. The Balaban J connectivity index is 2.48. The molecule has 0 aliphatic carbocycles. The summed E-state index contributed by atoms with van der Waals surface area (Å²) in [4.78, 5) is 11.3. The molecule has 0 radical (unpaired) electrons. The van der Waals surface area contributed by atoms with Gasteiger partial charge in [-0.25, -0.2) is 4.79 Å². The highest BCUT2D eigenvalue weighted by molar-refractivity contribution is 6.31. The van der Waals surface area contributed by atoms with E-state index in [9.17, 15) is 4.79 Å². The van der Waals surface area contributed by atoms with Crippen LogP contribution in [-0.2, 0) is 16.1 Å². The molecule has 1 aromatic rings. The summed E-state index contributed by atoms with van der Waals surface area (Å²) >= 11 is 5.89. The average Bonchev–Trinajstić information content (AvgIpc) is 2.36. The third-order valence-electron chi connectivity index (χ3n) is 2.34. The molecule has 0 aliphatic heterocycles. The van der Waals surface area contributed by atoms with Crippen LogP contribution in [-0.4, -0.2) is 24.3 Å². The molecule has 1 aromatic carbocycles. The molecule has 18 heavy (non-hydrogen) atoms. The summed E-state index contributed by atoms with van der Waals surface area (Å²) in [6.45, 7) is 2.00. The Kier molecular flexibility index (Phi) is 6.54. The van der Waals surface area contributed by atoms with Crippen LogP contribution in [0.4, 0.5) is 0 Å². The third kappa shape index (κ3) is 4.55. The summed E-state index contributed by atoms with van der Waals surface area (Å²) in [7, 11) is 0. The van der Waals surface area contributed by atoms with E-state index in [-0.39, 0.29) is 13.2 Å². The van der Waals surface area contributed by atoms with Crippen LogP contribution in [0.15, 0.2) is 18.2 Å². The summed E-state index contributed by atoms with van der Waals surface area (Å²) in [5, 5.41) is 9.57. The molecule has 0 atom stereocenters. The standard InChI is InChI=1S/C13H17ClO4/c1-2-3-7-17-13(16)9-18-12-6-4-5-11(14)10(12)8-15/h4-6,15H,2-3,7-9H2,1H3. The Labute approximate surface area is 111 Å². The van der Waals surface area contributed by atoms with Crippen molar-refractivity contribution in [3.63, 3.8) is 0 Å². The number of hydrogen-bond donors (Lipinski definition) is 1. The van der Waals surface area contributed by atoms with E-state index >= 15 is 0 Å². The second-order valence-electron chi connectivity index (χ2n) is 3.74. The fraction of sp³-hybridized carbons (Fsp3) is 0.462. The lowest BCUT2D eigenvalue weighted by atomic mass is 10.2. The number of halogens is 1. The number of aliphatic hydroxyl groups excluding tert-OH is 1. The first-order valence-electron chi connectivity index (χ1n) is 5.85. The first kappa shape index (κ1) is 14.8. The number of benzene rings is 1. The molecule has 0 unspecified atom stereocenters. The fourth-order valence-electron chi connectivity index (χ4n) is 1.34. The second-order valence-corrected chi connectivity index (χ2v) is 4.14. The Morgan fingerprint density at radius 2 is 2.22 bits per heavy atom. The van der Waals surface area contributed by atoms with Gasteiger partial charge < -0.3 is 14.6 Å². The summed E-state index contributed by atoms with van der Waals surface area (Å²) in [5.41, 5.74) is 0.473. The number of rotatable bonds is 7. The van der Waals surface area contributed by atoms with Gasteiger partial charge in [-0.15, -0.1) is 0 Å². The Morgan fingerprint density at radius 1 is 1.44 bits per heavy atom. The Bertz CT molecular complexity index is 393. The van der Waals surface area contributed by atoms with Crippen molar-refractivity contribution in [3.05, 3.63) is 28.8 Å². The van der Waals surface area contributed by atoms with E-state index in [1.54, 1.807) is 18.2 Å². The molecule has 100 valence electrons. The van der Waals surface area contributed by atoms with Gasteiger partial charge in [0.25, 0.3) is 0 Å². The largest absolute Gasteiger partial charge is 0.481 e. The molecule has 5 heteroatoms. The third-order valence-corrected chi connectivity index (χ3v) is 2.69. The van der Waals surface area contributed by atoms with Crippen molar-refractivity contribution in [2.75, 3.05) is 13.2 Å². The van der Waals surface area contributed by atoms with E-state index in [0.717, 1.165) is 12.8 Å². The number of unbranched alkanes of at least 4 members (excludes halogenated alkanes) is 1. The fourth-order valence-corrected chi connectivity index (χ4v) is 1.56. The molecule has 0 bridgehead atoms. The minimum atomic E-state index is -0.424. The van der Waals surface area contributed by atoms with Gasteiger partial charge in [0.15, 0.2) is 6.61 Å². The molecule has 1 N–H and O–H groups in total. The van der Waals surface area contributed by atoms with Crippen LogP contribution in [0.5, 0.6) is 5.75 Å². The smallest absolute Gasteiger partial charge is 0.344 e. The maximum Gasteiger partial charge on any atom is 0.344 e. The van der Waals surface area contributed by atoms with E-state index < -0.39 is 5.97 Å². The highest BCUT2D eigenvalue weighted by Crippen LogP contribution is 2.26. The molecule has 0 amide bonds. The lowest BCUT2D eigenvalue weighted by molar-refractivity contribution is -0.146. The van der Waals surface area contributed by atoms with Gasteiger partial charge in [-0.1, -0.05) is 31.0 Å². The first-order chi connectivity index (χ1) is 8.69. The van der Waals surface area contributed by atoms with Gasteiger partial charge in [0.1, 0.15) is 5.75 Å². The van der Waals surface area contributed by atoms with Crippen molar-refractivity contribution in [1.82, 2.24) is 0 Å². The zero-order chi connectivity index (χ0) is 13.4. The van der Waals surface area contributed by atoms with E-state index in [1.165, 1.54) is 0 Å². The molecule has 0 aromatic heterocycles. The number of carbonyl (C=O) groups is 1. The van der Waals surface area contributed by atoms with Gasteiger partial charge in [-0.2, -0.15) is 0 Å². The zero-order valence-electron chi connectivity index (χ0n) is 10.3. The average molecular weight is 273 g/mol. The van der Waals surface area contributed by atoms with Gasteiger partial charge in [0.05, 0.1) is 13.2 Å². The summed E-state index contributed by atoms with van der Waals surface area (Å²) in [5.74, 6) is -0.0234. The number of hydrogen-bond acceptors (Lipinski definition) is 4. The van der Waals surface area contributed by atoms with Crippen LogP contribution in [0, 0.1) is 0 Å². The quantitative estimate of drug-likeness (QED) is 0.612. The summed E-state index contributed by atoms with van der Waals surface area (Å²) in [6, 6.07) is 5.00. The number of esters is 1.